The molecule has 0 spiro atoms. The first-order chi connectivity index (χ1) is 13.5. The Bertz CT molecular complexity index is 797. The number of rotatable bonds is 9. The molecule has 0 aromatic heterocycles. The zero-order chi connectivity index (χ0) is 20.5. The van der Waals surface area contributed by atoms with Crippen molar-refractivity contribution >= 4 is 23.4 Å². The van der Waals surface area contributed by atoms with Crippen LogP contribution in [-0.2, 0) is 11.2 Å². The summed E-state index contributed by atoms with van der Waals surface area (Å²) in [5.74, 6) is -1.00. The van der Waals surface area contributed by atoms with Crippen molar-refractivity contribution in [3.05, 3.63) is 64.7 Å². The van der Waals surface area contributed by atoms with Gasteiger partial charge in [0.2, 0.25) is 5.91 Å². The van der Waals surface area contributed by atoms with Crippen molar-refractivity contribution in [2.45, 2.75) is 18.9 Å². The van der Waals surface area contributed by atoms with Crippen LogP contribution in [0.3, 0.4) is 0 Å². The van der Waals surface area contributed by atoms with Crippen molar-refractivity contribution in [3.63, 3.8) is 0 Å². The number of amides is 2. The van der Waals surface area contributed by atoms with Gasteiger partial charge in [-0.05, 0) is 54.8 Å². The second-order valence-electron chi connectivity index (χ2n) is 6.32. The highest BCUT2D eigenvalue weighted by Gasteiger charge is 2.24. The largest absolute Gasteiger partial charge is 0.497 e. The van der Waals surface area contributed by atoms with Crippen LogP contribution in [0.2, 0.25) is 5.02 Å². The smallest absolute Gasteiger partial charge is 0.251 e. The topological polar surface area (TPSA) is 108 Å². The molecule has 2 amide bonds. The first-order valence-corrected chi connectivity index (χ1v) is 9.08. The summed E-state index contributed by atoms with van der Waals surface area (Å²) in [6, 6.07) is 12.9. The fourth-order valence-electron chi connectivity index (χ4n) is 2.85. The standard InChI is InChI=1S/C20H23ClN2O5/c1-28-18-4-2-3-13(10-18)9-15(20(26)23-27)11-17(12-24)22-19(25)14-5-7-16(21)8-6-14/h2-8,10,15,17,24,27H,9,11-12H2,1H3,(H,22,25)(H,23,26). The first kappa shape index (κ1) is 21.7. The molecule has 0 fully saturated rings. The van der Waals surface area contributed by atoms with Crippen molar-refractivity contribution < 1.29 is 24.6 Å². The van der Waals surface area contributed by atoms with Gasteiger partial charge in [-0.1, -0.05) is 23.7 Å². The van der Waals surface area contributed by atoms with Crippen molar-refractivity contribution in [1.82, 2.24) is 10.8 Å². The van der Waals surface area contributed by atoms with E-state index in [1.807, 2.05) is 6.07 Å². The number of ether oxygens (including phenoxy) is 1. The molecule has 4 N–H and O–H groups in total. The van der Waals surface area contributed by atoms with Crippen molar-refractivity contribution in [1.29, 1.82) is 0 Å². The van der Waals surface area contributed by atoms with Crippen LogP contribution in [0.15, 0.2) is 48.5 Å². The van der Waals surface area contributed by atoms with E-state index in [0.717, 1.165) is 5.56 Å². The zero-order valence-corrected chi connectivity index (χ0v) is 16.1. The SMILES string of the molecule is COc1cccc(CC(CC(CO)NC(=O)c2ccc(Cl)cc2)C(=O)NO)c1. The van der Waals surface area contributed by atoms with Gasteiger partial charge in [0.15, 0.2) is 0 Å². The van der Waals surface area contributed by atoms with Crippen LogP contribution in [0.1, 0.15) is 22.3 Å². The molecule has 2 rings (SSSR count). The molecule has 2 aromatic rings. The second-order valence-corrected chi connectivity index (χ2v) is 6.76. The lowest BCUT2D eigenvalue weighted by Crippen LogP contribution is -2.42. The highest BCUT2D eigenvalue weighted by Crippen LogP contribution is 2.19. The van der Waals surface area contributed by atoms with E-state index in [1.165, 1.54) is 0 Å². The van der Waals surface area contributed by atoms with E-state index in [0.29, 0.717) is 22.8 Å². The summed E-state index contributed by atoms with van der Waals surface area (Å²) in [7, 11) is 1.55. The lowest BCUT2D eigenvalue weighted by molar-refractivity contribution is -0.133. The molecule has 150 valence electrons. The summed E-state index contributed by atoms with van der Waals surface area (Å²) in [5, 5.41) is 21.9. The van der Waals surface area contributed by atoms with E-state index in [9.17, 15) is 14.7 Å². The Hall–Kier alpha value is -2.61. The number of hydrogen-bond donors (Lipinski definition) is 4. The van der Waals surface area contributed by atoms with Gasteiger partial charge >= 0.3 is 0 Å². The fraction of sp³-hybridized carbons (Fsp3) is 0.300. The molecule has 28 heavy (non-hydrogen) atoms. The highest BCUT2D eigenvalue weighted by molar-refractivity contribution is 6.30. The highest BCUT2D eigenvalue weighted by atomic mass is 35.5. The van der Waals surface area contributed by atoms with Crippen LogP contribution >= 0.6 is 11.6 Å². The minimum absolute atomic E-state index is 0.138. The van der Waals surface area contributed by atoms with Gasteiger partial charge in [0.25, 0.3) is 5.91 Å². The van der Waals surface area contributed by atoms with Crippen LogP contribution in [0.25, 0.3) is 0 Å². The van der Waals surface area contributed by atoms with Gasteiger partial charge < -0.3 is 15.2 Å². The number of carbonyl (C=O) groups excluding carboxylic acids is 2. The second kappa shape index (κ2) is 10.7. The van der Waals surface area contributed by atoms with Crippen LogP contribution in [0.5, 0.6) is 5.75 Å². The van der Waals surface area contributed by atoms with Gasteiger partial charge in [0, 0.05) is 16.5 Å². The number of carbonyl (C=O) groups is 2. The Balaban J connectivity index is 2.08. The van der Waals surface area contributed by atoms with Gasteiger partial charge in [-0.15, -0.1) is 0 Å². The molecule has 0 aliphatic carbocycles. The molecule has 2 atom stereocenters. The predicted octanol–water partition coefficient (Wildman–Crippen LogP) is 2.19. The number of methoxy groups -OCH3 is 1. The van der Waals surface area contributed by atoms with Crippen LogP contribution in [0.4, 0.5) is 0 Å². The van der Waals surface area contributed by atoms with E-state index >= 15 is 0 Å². The monoisotopic (exact) mass is 406 g/mol. The molecule has 0 saturated heterocycles. The lowest BCUT2D eigenvalue weighted by atomic mass is 9.92. The van der Waals surface area contributed by atoms with Gasteiger partial charge in [-0.2, -0.15) is 0 Å². The summed E-state index contributed by atoms with van der Waals surface area (Å²) in [4.78, 5) is 24.5. The van der Waals surface area contributed by atoms with E-state index in [1.54, 1.807) is 55.1 Å². The van der Waals surface area contributed by atoms with Crippen molar-refractivity contribution in [3.8, 4) is 5.75 Å². The zero-order valence-electron chi connectivity index (χ0n) is 15.4. The molecule has 0 aliphatic rings. The molecular weight excluding hydrogens is 384 g/mol. The number of nitrogens with one attached hydrogen (secondary N) is 2. The Morgan fingerprint density at radius 2 is 1.89 bits per heavy atom. The number of aliphatic hydroxyl groups is 1. The molecule has 2 aromatic carbocycles. The Kier molecular flexibility index (Phi) is 8.25. The maximum Gasteiger partial charge on any atom is 0.251 e. The van der Waals surface area contributed by atoms with E-state index in [-0.39, 0.29) is 18.9 Å². The third-order valence-electron chi connectivity index (χ3n) is 4.33. The molecule has 0 heterocycles. The van der Waals surface area contributed by atoms with Crippen LogP contribution < -0.4 is 15.5 Å². The van der Waals surface area contributed by atoms with Gasteiger partial charge in [0.1, 0.15) is 5.75 Å². The summed E-state index contributed by atoms with van der Waals surface area (Å²) < 4.78 is 5.18. The number of hydrogen-bond acceptors (Lipinski definition) is 5. The van der Waals surface area contributed by atoms with Crippen molar-refractivity contribution in [2.24, 2.45) is 5.92 Å². The third-order valence-corrected chi connectivity index (χ3v) is 4.58. The maximum atomic E-state index is 12.4. The molecule has 0 radical (unpaired) electrons. The number of hydroxylamine groups is 1. The number of benzene rings is 2. The fourth-order valence-corrected chi connectivity index (χ4v) is 2.98. The predicted molar refractivity (Wildman–Crippen MR) is 105 cm³/mol. The molecule has 0 aliphatic heterocycles. The minimum atomic E-state index is -0.670. The molecule has 2 unspecified atom stereocenters. The average Bonchev–Trinajstić information content (AvgIpc) is 2.72. The van der Waals surface area contributed by atoms with Gasteiger partial charge in [-0.25, -0.2) is 5.48 Å². The van der Waals surface area contributed by atoms with Crippen molar-refractivity contribution in [2.75, 3.05) is 13.7 Å². The summed E-state index contributed by atoms with van der Waals surface area (Å²) >= 11 is 5.82. The summed E-state index contributed by atoms with van der Waals surface area (Å²) in [5.41, 5.74) is 2.87. The van der Waals surface area contributed by atoms with Gasteiger partial charge in [0.05, 0.1) is 19.8 Å². The summed E-state index contributed by atoms with van der Waals surface area (Å²) in [6.07, 6.45) is 0.441. The van der Waals surface area contributed by atoms with E-state index < -0.39 is 17.9 Å². The summed E-state index contributed by atoms with van der Waals surface area (Å²) in [6.45, 7) is -0.355. The lowest BCUT2D eigenvalue weighted by Gasteiger charge is -2.22. The number of halogens is 1. The average molecular weight is 407 g/mol. The van der Waals surface area contributed by atoms with Crippen LogP contribution in [-0.4, -0.2) is 41.9 Å². The third kappa shape index (κ3) is 6.23. The maximum absolute atomic E-state index is 12.4. The van der Waals surface area contributed by atoms with E-state index in [4.69, 9.17) is 21.5 Å². The van der Waals surface area contributed by atoms with E-state index in [2.05, 4.69) is 5.32 Å². The quantitative estimate of drug-likeness (QED) is 0.377. The molecule has 0 saturated carbocycles. The normalized spacial score (nSPS) is 12.7. The Labute approximate surface area is 168 Å². The van der Waals surface area contributed by atoms with Crippen LogP contribution in [0, 0.1) is 5.92 Å². The molecular formula is C20H23ClN2O5. The molecule has 7 nitrogen and oxygen atoms in total. The minimum Gasteiger partial charge on any atom is -0.497 e. The number of aliphatic hydroxyl groups excluding tert-OH is 1. The molecule has 8 heteroatoms. The first-order valence-electron chi connectivity index (χ1n) is 8.71. The van der Waals surface area contributed by atoms with Gasteiger partial charge in [-0.3, -0.25) is 14.8 Å². The molecule has 0 bridgehead atoms. The Morgan fingerprint density at radius 3 is 2.50 bits per heavy atom. The Morgan fingerprint density at radius 1 is 1.18 bits per heavy atom.